The molecule has 0 atom stereocenters. The third-order valence-corrected chi connectivity index (χ3v) is 4.36. The van der Waals surface area contributed by atoms with Crippen molar-refractivity contribution in [3.8, 4) is 11.8 Å². The smallest absolute Gasteiger partial charge is 0.0603 e. The Morgan fingerprint density at radius 1 is 1.14 bits per heavy atom. The van der Waals surface area contributed by atoms with Crippen molar-refractivity contribution in [1.82, 2.24) is 4.90 Å². The molecule has 3 nitrogen and oxygen atoms in total. The number of hydrogen-bond acceptors (Lipinski definition) is 3. The Balaban J connectivity index is 1.54. The predicted octanol–water partition coefficient (Wildman–Crippen LogP) is 3.08. The Morgan fingerprint density at radius 2 is 1.86 bits per heavy atom. The van der Waals surface area contributed by atoms with Crippen LogP contribution in [0.2, 0.25) is 0 Å². The second-order valence-corrected chi connectivity index (χ2v) is 6.56. The molecule has 0 bridgehead atoms. The molecule has 0 aromatic rings. The van der Waals surface area contributed by atoms with Gasteiger partial charge < -0.3 is 14.4 Å². The Labute approximate surface area is 130 Å². The average Bonchev–Trinajstić information content (AvgIpc) is 2.42. The molecule has 1 saturated heterocycles. The minimum Gasteiger partial charge on any atom is -0.377 e. The van der Waals surface area contributed by atoms with Gasteiger partial charge in [-0.15, -0.1) is 5.92 Å². The number of nitrogens with zero attached hydrogens (tertiary/aromatic N) is 1. The zero-order valence-corrected chi connectivity index (χ0v) is 13.9. The van der Waals surface area contributed by atoms with Crippen LogP contribution in [-0.2, 0) is 9.47 Å². The van der Waals surface area contributed by atoms with Crippen LogP contribution in [0.4, 0.5) is 0 Å². The zero-order chi connectivity index (χ0) is 15.1. The van der Waals surface area contributed by atoms with Crippen molar-refractivity contribution >= 4 is 0 Å². The number of piperidine rings is 1. The Bertz CT molecular complexity index is 344. The maximum Gasteiger partial charge on any atom is 0.0603 e. The molecule has 21 heavy (non-hydrogen) atoms. The van der Waals surface area contributed by atoms with Crippen LogP contribution in [0.25, 0.3) is 0 Å². The van der Waals surface area contributed by atoms with Gasteiger partial charge in [0.15, 0.2) is 0 Å². The Kier molecular flexibility index (Phi) is 7.03. The lowest BCUT2D eigenvalue weighted by atomic mass is 9.82. The van der Waals surface area contributed by atoms with Crippen LogP contribution in [-0.4, -0.2) is 49.5 Å². The molecule has 2 rings (SSSR count). The third-order valence-electron chi connectivity index (χ3n) is 4.36. The van der Waals surface area contributed by atoms with Crippen molar-refractivity contribution in [3.05, 3.63) is 0 Å². The first kappa shape index (κ1) is 16.8. The summed E-state index contributed by atoms with van der Waals surface area (Å²) >= 11 is 0. The van der Waals surface area contributed by atoms with E-state index in [1.54, 1.807) is 0 Å². The van der Waals surface area contributed by atoms with Gasteiger partial charge in [-0.2, -0.15) is 0 Å². The van der Waals surface area contributed by atoms with Crippen LogP contribution < -0.4 is 0 Å². The van der Waals surface area contributed by atoms with Crippen LogP contribution in [0.5, 0.6) is 0 Å². The van der Waals surface area contributed by atoms with Crippen molar-refractivity contribution in [3.63, 3.8) is 0 Å². The second-order valence-electron chi connectivity index (χ2n) is 6.56. The highest BCUT2D eigenvalue weighted by Gasteiger charge is 2.31. The largest absolute Gasteiger partial charge is 0.377 e. The van der Waals surface area contributed by atoms with E-state index in [0.29, 0.717) is 24.2 Å². The summed E-state index contributed by atoms with van der Waals surface area (Å²) < 4.78 is 11.8. The number of ether oxygens (including phenoxy) is 2. The monoisotopic (exact) mass is 293 g/mol. The van der Waals surface area contributed by atoms with Crippen molar-refractivity contribution in [2.24, 2.45) is 5.92 Å². The molecule has 0 aromatic carbocycles. The molecule has 0 spiro atoms. The van der Waals surface area contributed by atoms with Crippen molar-refractivity contribution in [2.75, 3.05) is 26.2 Å². The zero-order valence-electron chi connectivity index (χ0n) is 13.9. The van der Waals surface area contributed by atoms with Gasteiger partial charge in [-0.05, 0) is 39.5 Å². The first-order chi connectivity index (χ1) is 10.2. The first-order valence-electron chi connectivity index (χ1n) is 8.65. The summed E-state index contributed by atoms with van der Waals surface area (Å²) in [5.41, 5.74) is 0. The minimum absolute atomic E-state index is 0.341. The molecule has 1 heterocycles. The quantitative estimate of drug-likeness (QED) is 0.703. The summed E-state index contributed by atoms with van der Waals surface area (Å²) in [6, 6.07) is 0. The molecule has 0 N–H and O–H groups in total. The fraction of sp³-hybridized carbons (Fsp3) is 0.889. The Hall–Kier alpha value is -0.560. The molecule has 3 heteroatoms. The van der Waals surface area contributed by atoms with E-state index < -0.39 is 0 Å². The summed E-state index contributed by atoms with van der Waals surface area (Å²) in [6.45, 7) is 10.5. The van der Waals surface area contributed by atoms with E-state index in [1.807, 2.05) is 0 Å². The van der Waals surface area contributed by atoms with Crippen molar-refractivity contribution in [2.45, 2.75) is 71.2 Å². The molecular weight excluding hydrogens is 262 g/mol. The van der Waals surface area contributed by atoms with E-state index >= 15 is 0 Å². The molecule has 0 aromatic heterocycles. The summed E-state index contributed by atoms with van der Waals surface area (Å²) in [5.74, 6) is 7.11. The first-order valence-corrected chi connectivity index (χ1v) is 8.65. The average molecular weight is 293 g/mol. The highest BCUT2D eigenvalue weighted by molar-refractivity contribution is 5.08. The van der Waals surface area contributed by atoms with E-state index in [-0.39, 0.29) is 0 Å². The van der Waals surface area contributed by atoms with Crippen molar-refractivity contribution in [1.29, 1.82) is 0 Å². The highest BCUT2D eigenvalue weighted by Crippen LogP contribution is 2.32. The maximum absolute atomic E-state index is 6.20. The van der Waals surface area contributed by atoms with Gasteiger partial charge in [0.1, 0.15) is 0 Å². The van der Waals surface area contributed by atoms with Crippen LogP contribution >= 0.6 is 0 Å². The predicted molar refractivity (Wildman–Crippen MR) is 86.2 cm³/mol. The number of rotatable bonds is 6. The van der Waals surface area contributed by atoms with Gasteiger partial charge >= 0.3 is 0 Å². The topological polar surface area (TPSA) is 21.7 Å². The van der Waals surface area contributed by atoms with E-state index in [9.17, 15) is 0 Å². The summed E-state index contributed by atoms with van der Waals surface area (Å²) in [5, 5.41) is 0. The highest BCUT2D eigenvalue weighted by atomic mass is 16.5. The molecule has 1 saturated carbocycles. The van der Waals surface area contributed by atoms with E-state index in [0.717, 1.165) is 45.5 Å². The molecule has 0 radical (unpaired) electrons. The van der Waals surface area contributed by atoms with Crippen LogP contribution in [0.15, 0.2) is 0 Å². The lowest BCUT2D eigenvalue weighted by Crippen LogP contribution is -2.42. The van der Waals surface area contributed by atoms with Crippen LogP contribution in [0.3, 0.4) is 0 Å². The summed E-state index contributed by atoms with van der Waals surface area (Å²) in [4.78, 5) is 2.50. The van der Waals surface area contributed by atoms with Crippen LogP contribution in [0.1, 0.15) is 52.9 Å². The van der Waals surface area contributed by atoms with E-state index in [1.165, 1.54) is 12.8 Å². The maximum atomic E-state index is 6.20. The minimum atomic E-state index is 0.341. The summed E-state index contributed by atoms with van der Waals surface area (Å²) in [7, 11) is 0. The van der Waals surface area contributed by atoms with Gasteiger partial charge in [-0.1, -0.05) is 12.8 Å². The molecule has 2 fully saturated rings. The number of likely N-dealkylation sites (tertiary alicyclic amines) is 1. The van der Waals surface area contributed by atoms with E-state index in [2.05, 4.69) is 37.5 Å². The summed E-state index contributed by atoms with van der Waals surface area (Å²) in [6.07, 6.45) is 6.89. The van der Waals surface area contributed by atoms with Crippen molar-refractivity contribution < 1.29 is 9.47 Å². The van der Waals surface area contributed by atoms with Gasteiger partial charge in [-0.25, -0.2) is 0 Å². The Morgan fingerprint density at radius 3 is 2.48 bits per heavy atom. The standard InChI is InChI=1S/C18H31NO2/c1-4-5-6-16-13-18(14-16)21-17-7-9-19(10-8-17)11-12-20-15(2)3/h15-18H,4,7-14H2,1-3H3/t16-,18-. The number of hydrogen-bond donors (Lipinski definition) is 0. The van der Waals surface area contributed by atoms with Gasteiger partial charge in [0.05, 0.1) is 24.9 Å². The fourth-order valence-electron chi connectivity index (χ4n) is 3.00. The van der Waals surface area contributed by atoms with Gasteiger partial charge in [0, 0.05) is 32.0 Å². The normalized spacial score (nSPS) is 27.2. The molecule has 2 aliphatic rings. The van der Waals surface area contributed by atoms with E-state index in [4.69, 9.17) is 9.47 Å². The van der Waals surface area contributed by atoms with Gasteiger partial charge in [0.2, 0.25) is 0 Å². The van der Waals surface area contributed by atoms with Gasteiger partial charge in [-0.3, -0.25) is 0 Å². The lowest BCUT2D eigenvalue weighted by Gasteiger charge is -2.38. The molecule has 1 aliphatic heterocycles. The SMILES string of the molecule is CCC#C[C@H]1C[C@H](OC2CCN(CCOC(C)C)CC2)C1. The lowest BCUT2D eigenvalue weighted by molar-refractivity contribution is -0.0862. The van der Waals surface area contributed by atoms with Gasteiger partial charge in [0.25, 0.3) is 0 Å². The second kappa shape index (κ2) is 8.78. The fourth-order valence-corrected chi connectivity index (χ4v) is 3.00. The molecule has 1 aliphatic carbocycles. The van der Waals surface area contributed by atoms with Crippen LogP contribution in [0, 0.1) is 17.8 Å². The molecule has 0 unspecified atom stereocenters. The third kappa shape index (κ3) is 5.98. The molecule has 120 valence electrons. The molecule has 0 amide bonds. The molecular formula is C18H31NO2.